The van der Waals surface area contributed by atoms with Gasteiger partial charge in [-0.25, -0.2) is 0 Å². The molecule has 0 bridgehead atoms. The number of hydrogen-bond acceptors (Lipinski definition) is 2. The summed E-state index contributed by atoms with van der Waals surface area (Å²) in [6.45, 7) is 1.71. The minimum Gasteiger partial charge on any atom is -0.483 e. The van der Waals surface area contributed by atoms with Crippen LogP contribution >= 0.6 is 23.2 Å². The number of carbonyl (C=O) groups is 1. The van der Waals surface area contributed by atoms with Crippen LogP contribution in [0.25, 0.3) is 0 Å². The minimum absolute atomic E-state index is 0.100. The van der Waals surface area contributed by atoms with Crippen LogP contribution in [0.2, 0.25) is 10.0 Å². The third kappa shape index (κ3) is 3.72. The predicted octanol–water partition coefficient (Wildman–Crippen LogP) is 4.64. The normalized spacial score (nSPS) is 11.9. The Morgan fingerprint density at radius 3 is 2.37 bits per heavy atom. The molecule has 0 amide bonds. The number of carbonyl (C=O) groups excluding carboxylic acids is 1. The zero-order chi connectivity index (χ0) is 13.8. The van der Waals surface area contributed by atoms with Crippen LogP contribution in [0.15, 0.2) is 48.5 Å². The molecule has 0 aliphatic carbocycles. The molecule has 0 N–H and O–H groups in total. The van der Waals surface area contributed by atoms with Crippen molar-refractivity contribution in [1.29, 1.82) is 0 Å². The monoisotopic (exact) mass is 294 g/mol. The summed E-state index contributed by atoms with van der Waals surface area (Å²) in [5, 5.41) is 1.17. The molecule has 0 saturated carbocycles. The minimum atomic E-state index is -0.584. The van der Waals surface area contributed by atoms with Gasteiger partial charge in [-0.15, -0.1) is 0 Å². The summed E-state index contributed by atoms with van der Waals surface area (Å²) in [4.78, 5) is 12.1. The van der Waals surface area contributed by atoms with Crippen molar-refractivity contribution < 1.29 is 9.53 Å². The quantitative estimate of drug-likeness (QED) is 0.768. The van der Waals surface area contributed by atoms with E-state index in [0.717, 1.165) is 0 Å². The number of halogens is 2. The highest BCUT2D eigenvalue weighted by Gasteiger charge is 2.16. The molecule has 0 aromatic heterocycles. The van der Waals surface area contributed by atoms with Crippen molar-refractivity contribution in [3.63, 3.8) is 0 Å². The molecule has 0 fully saturated rings. The first-order chi connectivity index (χ1) is 9.06. The first-order valence-corrected chi connectivity index (χ1v) is 6.54. The molecule has 0 heterocycles. The Morgan fingerprint density at radius 2 is 1.74 bits per heavy atom. The maximum atomic E-state index is 12.1. The Hall–Kier alpha value is -1.51. The van der Waals surface area contributed by atoms with E-state index in [0.29, 0.717) is 21.4 Å². The first kappa shape index (κ1) is 13.9. The Labute approximate surface area is 121 Å². The van der Waals surface area contributed by atoms with Crippen molar-refractivity contribution in [3.05, 3.63) is 64.1 Å². The molecule has 2 rings (SSSR count). The van der Waals surface area contributed by atoms with Crippen LogP contribution < -0.4 is 4.74 Å². The average molecular weight is 295 g/mol. The van der Waals surface area contributed by atoms with Crippen molar-refractivity contribution >= 4 is 29.0 Å². The number of ether oxygens (including phenoxy) is 1. The highest BCUT2D eigenvalue weighted by Crippen LogP contribution is 2.20. The summed E-state index contributed by atoms with van der Waals surface area (Å²) in [7, 11) is 0. The summed E-state index contributed by atoms with van der Waals surface area (Å²) in [6.07, 6.45) is -0.584. The molecule has 0 unspecified atom stereocenters. The lowest BCUT2D eigenvalue weighted by atomic mass is 10.1. The number of benzene rings is 2. The van der Waals surface area contributed by atoms with E-state index < -0.39 is 6.10 Å². The first-order valence-electron chi connectivity index (χ1n) is 5.78. The van der Waals surface area contributed by atoms with E-state index in [9.17, 15) is 4.79 Å². The second-order valence-electron chi connectivity index (χ2n) is 4.09. The van der Waals surface area contributed by atoms with Crippen LogP contribution in [-0.4, -0.2) is 11.9 Å². The smallest absolute Gasteiger partial charge is 0.202 e. The largest absolute Gasteiger partial charge is 0.483 e. The Kier molecular flexibility index (Phi) is 4.46. The third-order valence-electron chi connectivity index (χ3n) is 2.61. The zero-order valence-electron chi connectivity index (χ0n) is 10.3. The van der Waals surface area contributed by atoms with E-state index in [-0.39, 0.29) is 5.78 Å². The topological polar surface area (TPSA) is 26.3 Å². The van der Waals surface area contributed by atoms with Crippen molar-refractivity contribution in [3.8, 4) is 5.75 Å². The summed E-state index contributed by atoms with van der Waals surface area (Å²) >= 11 is 11.6. The fraction of sp³-hybridized carbons (Fsp3) is 0.133. The number of rotatable bonds is 4. The summed E-state index contributed by atoms with van der Waals surface area (Å²) in [5.41, 5.74) is 0.568. The van der Waals surface area contributed by atoms with Crippen LogP contribution in [0.1, 0.15) is 17.3 Å². The lowest BCUT2D eigenvalue weighted by Gasteiger charge is -2.13. The van der Waals surface area contributed by atoms with Gasteiger partial charge >= 0.3 is 0 Å². The lowest BCUT2D eigenvalue weighted by Crippen LogP contribution is -2.23. The fourth-order valence-electron chi connectivity index (χ4n) is 1.65. The molecule has 0 aliphatic rings. The van der Waals surface area contributed by atoms with Gasteiger partial charge in [0, 0.05) is 15.6 Å². The summed E-state index contributed by atoms with van der Waals surface area (Å²) in [6, 6.07) is 13.7. The molecule has 2 aromatic rings. The standard InChI is InChI=1S/C15H12Cl2O2/c1-10(19-14-4-2-3-13(17)9-14)15(18)11-5-7-12(16)8-6-11/h2-10H,1H3/t10-/m0/s1. The molecule has 2 nitrogen and oxygen atoms in total. The third-order valence-corrected chi connectivity index (χ3v) is 3.09. The molecule has 0 radical (unpaired) electrons. The molecule has 19 heavy (non-hydrogen) atoms. The van der Waals surface area contributed by atoms with E-state index in [1.807, 2.05) is 0 Å². The zero-order valence-corrected chi connectivity index (χ0v) is 11.8. The molecule has 0 spiro atoms. The van der Waals surface area contributed by atoms with E-state index in [2.05, 4.69) is 0 Å². The van der Waals surface area contributed by atoms with Crippen molar-refractivity contribution in [2.45, 2.75) is 13.0 Å². The van der Waals surface area contributed by atoms with Crippen LogP contribution in [-0.2, 0) is 0 Å². The van der Waals surface area contributed by atoms with Gasteiger partial charge in [-0.2, -0.15) is 0 Å². The molecule has 1 atom stereocenters. The van der Waals surface area contributed by atoms with Crippen LogP contribution in [0.5, 0.6) is 5.75 Å². The summed E-state index contributed by atoms with van der Waals surface area (Å²) < 4.78 is 5.57. The predicted molar refractivity (Wildman–Crippen MR) is 77.3 cm³/mol. The average Bonchev–Trinajstić information content (AvgIpc) is 2.39. The van der Waals surface area contributed by atoms with Gasteiger partial charge in [0.2, 0.25) is 5.78 Å². The van der Waals surface area contributed by atoms with Crippen LogP contribution in [0, 0.1) is 0 Å². The maximum Gasteiger partial charge on any atom is 0.202 e. The molecule has 4 heteroatoms. The molecular formula is C15H12Cl2O2. The van der Waals surface area contributed by atoms with Gasteiger partial charge in [0.25, 0.3) is 0 Å². The summed E-state index contributed by atoms with van der Waals surface area (Å²) in [5.74, 6) is 0.471. The Balaban J connectivity index is 2.09. The van der Waals surface area contributed by atoms with Gasteiger partial charge in [-0.3, -0.25) is 4.79 Å². The molecule has 2 aromatic carbocycles. The van der Waals surface area contributed by atoms with Crippen LogP contribution in [0.3, 0.4) is 0 Å². The van der Waals surface area contributed by atoms with Crippen molar-refractivity contribution in [2.24, 2.45) is 0 Å². The van der Waals surface area contributed by atoms with E-state index in [4.69, 9.17) is 27.9 Å². The molecule has 98 valence electrons. The van der Waals surface area contributed by atoms with Gasteiger partial charge in [-0.1, -0.05) is 29.3 Å². The van der Waals surface area contributed by atoms with Crippen LogP contribution in [0.4, 0.5) is 0 Å². The van der Waals surface area contributed by atoms with Gasteiger partial charge in [0.1, 0.15) is 5.75 Å². The maximum absolute atomic E-state index is 12.1. The highest BCUT2D eigenvalue weighted by molar-refractivity contribution is 6.31. The number of hydrogen-bond donors (Lipinski definition) is 0. The molecular weight excluding hydrogens is 283 g/mol. The Morgan fingerprint density at radius 1 is 1.05 bits per heavy atom. The second kappa shape index (κ2) is 6.09. The van der Waals surface area contributed by atoms with E-state index >= 15 is 0 Å². The molecule has 0 aliphatic heterocycles. The number of ketones is 1. The number of Topliss-reactive ketones (excluding diaryl/α,β-unsaturated/α-hetero) is 1. The van der Waals surface area contributed by atoms with Gasteiger partial charge in [0.05, 0.1) is 0 Å². The SMILES string of the molecule is C[C@H](Oc1cccc(Cl)c1)C(=O)c1ccc(Cl)cc1. The van der Waals surface area contributed by atoms with E-state index in [1.54, 1.807) is 55.5 Å². The second-order valence-corrected chi connectivity index (χ2v) is 4.96. The van der Waals surface area contributed by atoms with Crippen molar-refractivity contribution in [1.82, 2.24) is 0 Å². The van der Waals surface area contributed by atoms with E-state index in [1.165, 1.54) is 0 Å². The van der Waals surface area contributed by atoms with Gasteiger partial charge in [0.15, 0.2) is 6.10 Å². The van der Waals surface area contributed by atoms with Gasteiger partial charge in [-0.05, 0) is 49.4 Å². The molecule has 0 saturated heterocycles. The van der Waals surface area contributed by atoms with Gasteiger partial charge < -0.3 is 4.74 Å². The highest BCUT2D eigenvalue weighted by atomic mass is 35.5. The van der Waals surface area contributed by atoms with Crippen molar-refractivity contribution in [2.75, 3.05) is 0 Å². The Bertz CT molecular complexity index is 579. The fourth-order valence-corrected chi connectivity index (χ4v) is 1.95. The lowest BCUT2D eigenvalue weighted by molar-refractivity contribution is 0.0818.